The Labute approximate surface area is 150 Å². The van der Waals surface area contributed by atoms with Gasteiger partial charge in [0, 0.05) is 20.6 Å². The fraction of sp³-hybridized carbons (Fsp3) is 0.333. The lowest BCUT2D eigenvalue weighted by molar-refractivity contribution is -0.139. The minimum absolute atomic E-state index is 0.0329. The van der Waals surface area contributed by atoms with Crippen molar-refractivity contribution in [1.29, 1.82) is 0 Å². The largest absolute Gasteiger partial charge is 0.347 e. The second-order valence-electron chi connectivity index (χ2n) is 6.30. The third kappa shape index (κ3) is 4.92. The van der Waals surface area contributed by atoms with Gasteiger partial charge in [0.25, 0.3) is 0 Å². The maximum absolute atomic E-state index is 13.3. The highest BCUT2D eigenvalue weighted by atomic mass is 16.2. The lowest BCUT2D eigenvalue weighted by atomic mass is 9.90. The first-order chi connectivity index (χ1) is 12.0. The van der Waals surface area contributed by atoms with E-state index in [0.717, 1.165) is 17.5 Å². The quantitative estimate of drug-likeness (QED) is 0.778. The van der Waals surface area contributed by atoms with E-state index in [-0.39, 0.29) is 18.4 Å². The van der Waals surface area contributed by atoms with Crippen molar-refractivity contribution in [2.24, 2.45) is 0 Å². The first kappa shape index (κ1) is 18.7. The van der Waals surface area contributed by atoms with E-state index in [1.54, 1.807) is 19.0 Å². The summed E-state index contributed by atoms with van der Waals surface area (Å²) in [7, 11) is 3.42. The number of benzene rings is 2. The molecule has 0 unspecified atom stereocenters. The highest BCUT2D eigenvalue weighted by Gasteiger charge is 2.28. The standard InChI is InChI=1S/C21H26N2O2/c1-4-15-23(16-19(24)22(2)3)21(25)20(17-11-7-5-8-12-17)18-13-9-6-10-14-18/h5-14,20H,4,15-16H2,1-3H3. The second-order valence-corrected chi connectivity index (χ2v) is 6.30. The van der Waals surface area contributed by atoms with Crippen LogP contribution >= 0.6 is 0 Å². The maximum atomic E-state index is 13.3. The summed E-state index contributed by atoms with van der Waals surface area (Å²) in [6.45, 7) is 2.69. The summed E-state index contributed by atoms with van der Waals surface area (Å²) in [4.78, 5) is 28.7. The number of rotatable bonds is 7. The zero-order valence-electron chi connectivity index (χ0n) is 15.2. The van der Waals surface area contributed by atoms with E-state index in [9.17, 15) is 9.59 Å². The van der Waals surface area contributed by atoms with Gasteiger partial charge in [0.05, 0.1) is 12.5 Å². The third-order valence-electron chi connectivity index (χ3n) is 4.14. The summed E-state index contributed by atoms with van der Waals surface area (Å²) in [5, 5.41) is 0. The number of amides is 2. The average Bonchev–Trinajstić information content (AvgIpc) is 2.63. The Bertz CT molecular complexity index is 644. The lowest BCUT2D eigenvalue weighted by Crippen LogP contribution is -2.43. The van der Waals surface area contributed by atoms with Gasteiger partial charge in [-0.3, -0.25) is 9.59 Å². The van der Waals surface area contributed by atoms with E-state index in [4.69, 9.17) is 0 Å². The van der Waals surface area contributed by atoms with Crippen molar-refractivity contribution in [2.45, 2.75) is 19.3 Å². The van der Waals surface area contributed by atoms with Gasteiger partial charge in [0.2, 0.25) is 11.8 Å². The highest BCUT2D eigenvalue weighted by Crippen LogP contribution is 2.27. The molecule has 0 fully saturated rings. The molecule has 0 heterocycles. The number of carbonyl (C=O) groups is 2. The number of carbonyl (C=O) groups excluding carboxylic acids is 2. The van der Waals surface area contributed by atoms with Gasteiger partial charge in [-0.2, -0.15) is 0 Å². The third-order valence-corrected chi connectivity index (χ3v) is 4.14. The van der Waals surface area contributed by atoms with Crippen LogP contribution in [0.25, 0.3) is 0 Å². The Hall–Kier alpha value is -2.62. The summed E-state index contributed by atoms with van der Waals surface area (Å²) in [5.74, 6) is -0.500. The first-order valence-electron chi connectivity index (χ1n) is 8.63. The minimum atomic E-state index is -0.399. The van der Waals surface area contributed by atoms with Crippen LogP contribution in [0.1, 0.15) is 30.4 Å². The van der Waals surface area contributed by atoms with E-state index in [2.05, 4.69) is 0 Å². The van der Waals surface area contributed by atoms with Gasteiger partial charge in [0.15, 0.2) is 0 Å². The number of likely N-dealkylation sites (N-methyl/N-ethyl adjacent to an activating group) is 1. The Morgan fingerprint density at radius 3 is 1.76 bits per heavy atom. The van der Waals surface area contributed by atoms with Crippen LogP contribution in [0.2, 0.25) is 0 Å². The molecular weight excluding hydrogens is 312 g/mol. The summed E-state index contributed by atoms with van der Waals surface area (Å²) < 4.78 is 0. The van der Waals surface area contributed by atoms with Gasteiger partial charge in [-0.25, -0.2) is 0 Å². The molecule has 2 amide bonds. The predicted octanol–water partition coefficient (Wildman–Crippen LogP) is 3.15. The zero-order valence-corrected chi connectivity index (χ0v) is 15.2. The molecule has 0 saturated carbocycles. The van der Waals surface area contributed by atoms with Crippen molar-refractivity contribution in [1.82, 2.24) is 9.80 Å². The van der Waals surface area contributed by atoms with E-state index in [1.165, 1.54) is 4.90 Å². The molecule has 0 aliphatic carbocycles. The van der Waals surface area contributed by atoms with Crippen LogP contribution in [-0.4, -0.2) is 48.8 Å². The maximum Gasteiger partial charge on any atom is 0.241 e. The van der Waals surface area contributed by atoms with Gasteiger partial charge < -0.3 is 9.80 Å². The van der Waals surface area contributed by atoms with Gasteiger partial charge in [-0.15, -0.1) is 0 Å². The van der Waals surface area contributed by atoms with E-state index in [1.807, 2.05) is 67.6 Å². The fourth-order valence-corrected chi connectivity index (χ4v) is 2.79. The summed E-state index contributed by atoms with van der Waals surface area (Å²) in [5.41, 5.74) is 1.88. The SMILES string of the molecule is CCCN(CC(=O)N(C)C)C(=O)C(c1ccccc1)c1ccccc1. The number of hydrogen-bond acceptors (Lipinski definition) is 2. The molecule has 0 radical (unpaired) electrons. The van der Waals surface area contributed by atoms with Crippen molar-refractivity contribution >= 4 is 11.8 Å². The monoisotopic (exact) mass is 338 g/mol. The van der Waals surface area contributed by atoms with Crippen LogP contribution in [-0.2, 0) is 9.59 Å². The molecule has 0 saturated heterocycles. The highest BCUT2D eigenvalue weighted by molar-refractivity contribution is 5.90. The molecule has 132 valence electrons. The lowest BCUT2D eigenvalue weighted by Gasteiger charge is -2.28. The molecule has 0 aliphatic rings. The van der Waals surface area contributed by atoms with Crippen LogP contribution < -0.4 is 0 Å². The Kier molecular flexibility index (Phi) is 6.75. The van der Waals surface area contributed by atoms with Crippen molar-refractivity contribution in [3.8, 4) is 0 Å². The van der Waals surface area contributed by atoms with Crippen LogP contribution in [0.5, 0.6) is 0 Å². The van der Waals surface area contributed by atoms with E-state index >= 15 is 0 Å². The molecule has 4 nitrogen and oxygen atoms in total. The normalized spacial score (nSPS) is 10.6. The molecule has 0 aliphatic heterocycles. The summed E-state index contributed by atoms with van der Waals surface area (Å²) in [6, 6.07) is 19.5. The molecule has 2 aromatic carbocycles. The number of hydrogen-bond donors (Lipinski definition) is 0. The molecule has 0 N–H and O–H groups in total. The fourth-order valence-electron chi connectivity index (χ4n) is 2.79. The van der Waals surface area contributed by atoms with Crippen LogP contribution in [0, 0.1) is 0 Å². The van der Waals surface area contributed by atoms with Crippen LogP contribution in [0.4, 0.5) is 0 Å². The van der Waals surface area contributed by atoms with Gasteiger partial charge in [-0.05, 0) is 17.5 Å². The van der Waals surface area contributed by atoms with E-state index < -0.39 is 5.92 Å². The van der Waals surface area contributed by atoms with Crippen LogP contribution in [0.3, 0.4) is 0 Å². The Morgan fingerprint density at radius 1 is 0.880 bits per heavy atom. The van der Waals surface area contributed by atoms with E-state index in [0.29, 0.717) is 6.54 Å². The Balaban J connectivity index is 2.37. The molecule has 0 atom stereocenters. The molecule has 25 heavy (non-hydrogen) atoms. The molecule has 0 spiro atoms. The molecule has 2 rings (SSSR count). The van der Waals surface area contributed by atoms with Crippen molar-refractivity contribution < 1.29 is 9.59 Å². The summed E-state index contributed by atoms with van der Waals surface area (Å²) in [6.07, 6.45) is 0.808. The van der Waals surface area contributed by atoms with Crippen LogP contribution in [0.15, 0.2) is 60.7 Å². The minimum Gasteiger partial charge on any atom is -0.347 e. The number of nitrogens with zero attached hydrogens (tertiary/aromatic N) is 2. The Morgan fingerprint density at radius 2 is 1.36 bits per heavy atom. The van der Waals surface area contributed by atoms with Gasteiger partial charge in [0.1, 0.15) is 0 Å². The molecule has 0 aromatic heterocycles. The second kappa shape index (κ2) is 9.02. The van der Waals surface area contributed by atoms with Crippen molar-refractivity contribution in [2.75, 3.05) is 27.2 Å². The molecule has 0 bridgehead atoms. The molecule has 2 aromatic rings. The van der Waals surface area contributed by atoms with Crippen molar-refractivity contribution in [3.63, 3.8) is 0 Å². The van der Waals surface area contributed by atoms with Gasteiger partial charge in [-0.1, -0.05) is 67.6 Å². The predicted molar refractivity (Wildman–Crippen MR) is 100 cm³/mol. The topological polar surface area (TPSA) is 40.6 Å². The zero-order chi connectivity index (χ0) is 18.2. The van der Waals surface area contributed by atoms with Gasteiger partial charge >= 0.3 is 0 Å². The average molecular weight is 338 g/mol. The molecule has 4 heteroatoms. The summed E-state index contributed by atoms with van der Waals surface area (Å²) >= 11 is 0. The molecular formula is C21H26N2O2. The smallest absolute Gasteiger partial charge is 0.241 e. The first-order valence-corrected chi connectivity index (χ1v) is 8.63. The van der Waals surface area contributed by atoms with Crippen molar-refractivity contribution in [3.05, 3.63) is 71.8 Å².